The van der Waals surface area contributed by atoms with E-state index in [1.807, 2.05) is 24.3 Å². The van der Waals surface area contributed by atoms with Crippen LogP contribution < -0.4 is 4.90 Å². The molecule has 0 amide bonds. The van der Waals surface area contributed by atoms with Crippen molar-refractivity contribution in [1.82, 2.24) is 9.97 Å². The van der Waals surface area contributed by atoms with Crippen LogP contribution in [-0.2, 0) is 4.74 Å². The largest absolute Gasteiger partial charge is 0.477 e. The summed E-state index contributed by atoms with van der Waals surface area (Å²) < 4.78 is 5.34. The van der Waals surface area contributed by atoms with Crippen LogP contribution in [0.25, 0.3) is 11.3 Å². The van der Waals surface area contributed by atoms with Crippen molar-refractivity contribution in [1.29, 1.82) is 0 Å². The first-order chi connectivity index (χ1) is 10.2. The Morgan fingerprint density at radius 3 is 2.52 bits per heavy atom. The zero-order chi connectivity index (χ0) is 14.7. The number of ether oxygens (including phenoxy) is 1. The van der Waals surface area contributed by atoms with Gasteiger partial charge in [-0.3, -0.25) is 0 Å². The van der Waals surface area contributed by atoms with Crippen LogP contribution in [0.2, 0.25) is 0 Å². The maximum Gasteiger partial charge on any atom is 0.354 e. The minimum Gasteiger partial charge on any atom is -0.477 e. The van der Waals surface area contributed by atoms with Crippen molar-refractivity contribution in [3.8, 4) is 11.3 Å². The number of rotatable bonds is 3. The van der Waals surface area contributed by atoms with Gasteiger partial charge in [-0.05, 0) is 18.2 Å². The van der Waals surface area contributed by atoms with Gasteiger partial charge in [-0.15, -0.1) is 0 Å². The molecule has 1 aromatic carbocycles. The van der Waals surface area contributed by atoms with E-state index < -0.39 is 5.97 Å². The zero-order valence-electron chi connectivity index (χ0n) is 11.4. The van der Waals surface area contributed by atoms with E-state index in [2.05, 4.69) is 14.9 Å². The number of aromatic carboxylic acids is 1. The number of aromatic nitrogens is 2. The molecule has 1 aromatic heterocycles. The van der Waals surface area contributed by atoms with Gasteiger partial charge in [-0.25, -0.2) is 14.8 Å². The molecular formula is C15H15N3O3. The minimum atomic E-state index is -1.05. The number of nitrogens with zero attached hydrogens (tertiary/aromatic N) is 3. The molecule has 0 spiro atoms. The van der Waals surface area contributed by atoms with Crippen molar-refractivity contribution in [2.75, 3.05) is 31.2 Å². The first kappa shape index (κ1) is 13.5. The highest BCUT2D eigenvalue weighted by Crippen LogP contribution is 2.22. The van der Waals surface area contributed by atoms with Crippen molar-refractivity contribution in [2.24, 2.45) is 0 Å². The summed E-state index contributed by atoms with van der Waals surface area (Å²) in [6.45, 7) is 3.26. The van der Waals surface area contributed by atoms with Crippen molar-refractivity contribution in [3.05, 3.63) is 42.4 Å². The second-order valence-electron chi connectivity index (χ2n) is 4.74. The third-order valence-electron chi connectivity index (χ3n) is 3.43. The monoisotopic (exact) mass is 285 g/mol. The van der Waals surface area contributed by atoms with Crippen LogP contribution in [0.5, 0.6) is 0 Å². The summed E-state index contributed by atoms with van der Waals surface area (Å²) in [6.07, 6.45) is 1.27. The van der Waals surface area contributed by atoms with Gasteiger partial charge in [-0.1, -0.05) is 12.1 Å². The molecule has 108 valence electrons. The Hall–Kier alpha value is -2.47. The molecule has 0 unspecified atom stereocenters. The Morgan fingerprint density at radius 1 is 1.14 bits per heavy atom. The molecule has 2 heterocycles. The number of hydrogen-bond donors (Lipinski definition) is 1. The van der Waals surface area contributed by atoms with E-state index >= 15 is 0 Å². The normalized spacial score (nSPS) is 15.0. The average Bonchev–Trinajstić information content (AvgIpc) is 2.56. The van der Waals surface area contributed by atoms with Crippen molar-refractivity contribution < 1.29 is 14.6 Å². The smallest absolute Gasteiger partial charge is 0.354 e. The van der Waals surface area contributed by atoms with E-state index in [1.54, 1.807) is 0 Å². The number of hydrogen-bond acceptors (Lipinski definition) is 5. The maximum atomic E-state index is 10.9. The highest BCUT2D eigenvalue weighted by atomic mass is 16.5. The van der Waals surface area contributed by atoms with Gasteiger partial charge in [0.2, 0.25) is 0 Å². The van der Waals surface area contributed by atoms with Crippen molar-refractivity contribution in [3.63, 3.8) is 0 Å². The molecule has 1 saturated heterocycles. The second kappa shape index (κ2) is 5.88. The lowest BCUT2D eigenvalue weighted by Gasteiger charge is -2.28. The number of carboxylic acid groups (broad SMARTS) is 1. The molecule has 0 aliphatic carbocycles. The van der Waals surface area contributed by atoms with E-state index in [0.29, 0.717) is 5.69 Å². The lowest BCUT2D eigenvalue weighted by atomic mass is 10.1. The van der Waals surface area contributed by atoms with Gasteiger partial charge in [0, 0.05) is 24.3 Å². The van der Waals surface area contributed by atoms with E-state index in [1.165, 1.54) is 12.4 Å². The number of benzene rings is 1. The number of carboxylic acids is 1. The molecule has 0 bridgehead atoms. The molecule has 0 radical (unpaired) electrons. The van der Waals surface area contributed by atoms with Gasteiger partial charge in [0.15, 0.2) is 5.69 Å². The molecule has 3 rings (SSSR count). The van der Waals surface area contributed by atoms with Gasteiger partial charge >= 0.3 is 5.97 Å². The number of morpholine rings is 1. The molecular weight excluding hydrogens is 270 g/mol. The first-order valence-electron chi connectivity index (χ1n) is 6.72. The van der Waals surface area contributed by atoms with E-state index in [4.69, 9.17) is 9.84 Å². The molecule has 0 saturated carbocycles. The third kappa shape index (κ3) is 3.00. The number of carbonyl (C=O) groups is 1. The fourth-order valence-corrected chi connectivity index (χ4v) is 2.30. The maximum absolute atomic E-state index is 10.9. The predicted molar refractivity (Wildman–Crippen MR) is 77.5 cm³/mol. The predicted octanol–water partition coefficient (Wildman–Crippen LogP) is 1.68. The van der Waals surface area contributed by atoms with Gasteiger partial charge in [-0.2, -0.15) is 0 Å². The summed E-state index contributed by atoms with van der Waals surface area (Å²) in [5.74, 6) is -1.05. The summed E-state index contributed by atoms with van der Waals surface area (Å²) in [5, 5.41) is 8.96. The molecule has 6 nitrogen and oxygen atoms in total. The summed E-state index contributed by atoms with van der Waals surface area (Å²) in [4.78, 5) is 21.0. The first-order valence-corrected chi connectivity index (χ1v) is 6.72. The van der Waals surface area contributed by atoms with Crippen LogP contribution in [0, 0.1) is 0 Å². The Balaban J connectivity index is 1.83. The SMILES string of the molecule is O=C(O)c1cc(-c2ccc(N3CCOCC3)cc2)ncn1. The quantitative estimate of drug-likeness (QED) is 0.924. The van der Waals surface area contributed by atoms with Crippen LogP contribution in [0.4, 0.5) is 5.69 Å². The number of anilines is 1. The van der Waals surface area contributed by atoms with Gasteiger partial charge < -0.3 is 14.7 Å². The van der Waals surface area contributed by atoms with E-state index in [-0.39, 0.29) is 5.69 Å². The van der Waals surface area contributed by atoms with Crippen LogP contribution >= 0.6 is 0 Å². The Morgan fingerprint density at radius 2 is 1.86 bits per heavy atom. The summed E-state index contributed by atoms with van der Waals surface area (Å²) in [6, 6.07) is 9.40. The molecule has 2 aromatic rings. The highest BCUT2D eigenvalue weighted by molar-refractivity contribution is 5.86. The molecule has 6 heteroatoms. The third-order valence-corrected chi connectivity index (χ3v) is 3.43. The van der Waals surface area contributed by atoms with Gasteiger partial charge in [0.05, 0.1) is 18.9 Å². The van der Waals surface area contributed by atoms with Crippen molar-refractivity contribution >= 4 is 11.7 Å². The molecule has 1 fully saturated rings. The Kier molecular flexibility index (Phi) is 3.79. The fraction of sp³-hybridized carbons (Fsp3) is 0.267. The zero-order valence-corrected chi connectivity index (χ0v) is 11.4. The minimum absolute atomic E-state index is 0.00254. The van der Waals surface area contributed by atoms with E-state index in [0.717, 1.165) is 37.6 Å². The summed E-state index contributed by atoms with van der Waals surface area (Å²) >= 11 is 0. The fourth-order valence-electron chi connectivity index (χ4n) is 2.30. The molecule has 0 atom stereocenters. The second-order valence-corrected chi connectivity index (χ2v) is 4.74. The Bertz CT molecular complexity index is 637. The van der Waals surface area contributed by atoms with Crippen LogP contribution in [0.15, 0.2) is 36.7 Å². The van der Waals surface area contributed by atoms with Gasteiger partial charge in [0.1, 0.15) is 6.33 Å². The summed E-state index contributed by atoms with van der Waals surface area (Å²) in [7, 11) is 0. The topological polar surface area (TPSA) is 75.5 Å². The van der Waals surface area contributed by atoms with E-state index in [9.17, 15) is 4.79 Å². The van der Waals surface area contributed by atoms with Crippen LogP contribution in [-0.4, -0.2) is 47.3 Å². The van der Waals surface area contributed by atoms with Crippen LogP contribution in [0.1, 0.15) is 10.5 Å². The standard InChI is InChI=1S/C15H15N3O3/c19-15(20)14-9-13(16-10-17-14)11-1-3-12(4-2-11)18-5-7-21-8-6-18/h1-4,9-10H,5-8H2,(H,19,20). The van der Waals surface area contributed by atoms with Crippen molar-refractivity contribution in [2.45, 2.75) is 0 Å². The van der Waals surface area contributed by atoms with Crippen LogP contribution in [0.3, 0.4) is 0 Å². The van der Waals surface area contributed by atoms with Gasteiger partial charge in [0.25, 0.3) is 0 Å². The molecule has 1 aliphatic heterocycles. The molecule has 1 N–H and O–H groups in total. The molecule has 21 heavy (non-hydrogen) atoms. The highest BCUT2D eigenvalue weighted by Gasteiger charge is 2.12. The lowest BCUT2D eigenvalue weighted by Crippen LogP contribution is -2.36. The Labute approximate surface area is 122 Å². The lowest BCUT2D eigenvalue weighted by molar-refractivity contribution is 0.0690. The molecule has 1 aliphatic rings. The average molecular weight is 285 g/mol. The summed E-state index contributed by atoms with van der Waals surface area (Å²) in [5.41, 5.74) is 2.61.